The van der Waals surface area contributed by atoms with Gasteiger partial charge in [-0.15, -0.1) is 0 Å². The van der Waals surface area contributed by atoms with Crippen LogP contribution in [0.2, 0.25) is 0 Å². The number of amides is 2. The minimum Gasteiger partial charge on any atom is -0.352 e. The summed E-state index contributed by atoms with van der Waals surface area (Å²) in [5, 5.41) is 2.61. The number of para-hydroxylation sites is 2. The largest absolute Gasteiger partial charge is 0.352 e. The van der Waals surface area contributed by atoms with Crippen molar-refractivity contribution in [1.29, 1.82) is 0 Å². The number of H-pyrrole nitrogens is 1. The predicted octanol–water partition coefficient (Wildman–Crippen LogP) is 1.19. The highest BCUT2D eigenvalue weighted by molar-refractivity contribution is 5.87. The van der Waals surface area contributed by atoms with Crippen molar-refractivity contribution < 1.29 is 9.59 Å². The van der Waals surface area contributed by atoms with Crippen LogP contribution >= 0.6 is 0 Å². The summed E-state index contributed by atoms with van der Waals surface area (Å²) in [6.07, 6.45) is 2.95. The Balaban J connectivity index is 1.59. The standard InChI is InChI=1S/C18H22N4O3/c1-2-16(23)19-10-7-17(24)21-11-8-13(9-12-21)22-15-6-4-3-5-14(15)20-18(22)25/h2-6,13H,1,7-12H2,(H,19,23)(H,20,25). The van der Waals surface area contributed by atoms with Gasteiger partial charge in [-0.3, -0.25) is 14.2 Å². The van der Waals surface area contributed by atoms with Crippen LogP contribution in [0.4, 0.5) is 0 Å². The molecule has 1 aliphatic heterocycles. The second-order valence-electron chi connectivity index (χ2n) is 6.17. The third-order valence-electron chi connectivity index (χ3n) is 4.63. The zero-order valence-electron chi connectivity index (χ0n) is 14.0. The van der Waals surface area contributed by atoms with E-state index in [0.29, 0.717) is 19.6 Å². The fraction of sp³-hybridized carbons (Fsp3) is 0.389. The van der Waals surface area contributed by atoms with Gasteiger partial charge in [0.15, 0.2) is 0 Å². The molecule has 2 N–H and O–H groups in total. The van der Waals surface area contributed by atoms with Gasteiger partial charge in [0.05, 0.1) is 11.0 Å². The van der Waals surface area contributed by atoms with Gasteiger partial charge in [-0.2, -0.15) is 0 Å². The summed E-state index contributed by atoms with van der Waals surface area (Å²) in [5.41, 5.74) is 1.64. The maximum absolute atomic E-state index is 12.3. The van der Waals surface area contributed by atoms with Gasteiger partial charge in [-0.05, 0) is 31.1 Å². The monoisotopic (exact) mass is 342 g/mol. The van der Waals surface area contributed by atoms with Crippen molar-refractivity contribution in [3.05, 3.63) is 47.4 Å². The second kappa shape index (κ2) is 7.38. The zero-order chi connectivity index (χ0) is 17.8. The second-order valence-corrected chi connectivity index (χ2v) is 6.17. The lowest BCUT2D eigenvalue weighted by Gasteiger charge is -2.32. The summed E-state index contributed by atoms with van der Waals surface area (Å²) in [7, 11) is 0. The van der Waals surface area contributed by atoms with E-state index in [1.807, 2.05) is 24.3 Å². The summed E-state index contributed by atoms with van der Waals surface area (Å²) in [6, 6.07) is 7.74. The van der Waals surface area contributed by atoms with Gasteiger partial charge in [0.1, 0.15) is 0 Å². The Bertz CT molecular complexity index is 843. The lowest BCUT2D eigenvalue weighted by atomic mass is 10.0. The maximum atomic E-state index is 12.3. The van der Waals surface area contributed by atoms with Gasteiger partial charge < -0.3 is 15.2 Å². The third-order valence-corrected chi connectivity index (χ3v) is 4.63. The fourth-order valence-electron chi connectivity index (χ4n) is 3.33. The summed E-state index contributed by atoms with van der Waals surface area (Å²) >= 11 is 0. The molecule has 0 aliphatic carbocycles. The molecule has 0 bridgehead atoms. The first-order valence-electron chi connectivity index (χ1n) is 8.47. The SMILES string of the molecule is C=CC(=O)NCCC(=O)N1CCC(n2c(=O)[nH]c3ccccc32)CC1. The minimum absolute atomic E-state index is 0.0223. The lowest BCUT2D eigenvalue weighted by Crippen LogP contribution is -2.41. The summed E-state index contributed by atoms with van der Waals surface area (Å²) in [5.74, 6) is -0.251. The topological polar surface area (TPSA) is 87.2 Å². The van der Waals surface area contributed by atoms with E-state index in [4.69, 9.17) is 0 Å². The third kappa shape index (κ3) is 3.65. The Kier molecular flexibility index (Phi) is 5.02. The highest BCUT2D eigenvalue weighted by Crippen LogP contribution is 2.25. The maximum Gasteiger partial charge on any atom is 0.326 e. The number of imidazole rings is 1. The molecule has 7 heteroatoms. The number of likely N-dealkylation sites (tertiary alicyclic amines) is 1. The molecule has 1 saturated heterocycles. The van der Waals surface area contributed by atoms with Gasteiger partial charge in [0.25, 0.3) is 0 Å². The Labute approximate surface area is 145 Å². The molecule has 2 heterocycles. The first-order valence-corrected chi connectivity index (χ1v) is 8.47. The number of benzene rings is 1. The number of hydrogen-bond acceptors (Lipinski definition) is 3. The van der Waals surface area contributed by atoms with Crippen LogP contribution < -0.4 is 11.0 Å². The number of piperidine rings is 1. The normalized spacial score (nSPS) is 15.3. The molecule has 2 amide bonds. The summed E-state index contributed by atoms with van der Waals surface area (Å²) in [6.45, 7) is 4.91. The number of nitrogens with zero attached hydrogens (tertiary/aromatic N) is 2. The summed E-state index contributed by atoms with van der Waals surface area (Å²) in [4.78, 5) is 40.3. The van der Waals surface area contributed by atoms with Crippen LogP contribution in [-0.4, -0.2) is 45.9 Å². The Hall–Kier alpha value is -2.83. The number of fused-ring (bicyclic) bond motifs is 1. The molecule has 1 aromatic heterocycles. The van der Waals surface area contributed by atoms with Gasteiger partial charge in [0.2, 0.25) is 11.8 Å². The molecule has 0 saturated carbocycles. The molecule has 0 unspecified atom stereocenters. The molecular formula is C18H22N4O3. The van der Waals surface area contributed by atoms with E-state index < -0.39 is 0 Å². The number of hydrogen-bond donors (Lipinski definition) is 2. The number of nitrogens with one attached hydrogen (secondary N) is 2. The van der Waals surface area contributed by atoms with Crippen molar-refractivity contribution in [2.24, 2.45) is 0 Å². The van der Waals surface area contributed by atoms with Gasteiger partial charge in [-0.1, -0.05) is 18.7 Å². The molecule has 0 atom stereocenters. The number of aromatic amines is 1. The van der Waals surface area contributed by atoms with Crippen molar-refractivity contribution in [3.63, 3.8) is 0 Å². The quantitative estimate of drug-likeness (QED) is 0.800. The Morgan fingerprint density at radius 1 is 1.28 bits per heavy atom. The molecule has 132 valence electrons. The van der Waals surface area contributed by atoms with Crippen LogP contribution in [0.3, 0.4) is 0 Å². The summed E-state index contributed by atoms with van der Waals surface area (Å²) < 4.78 is 1.81. The van der Waals surface area contributed by atoms with E-state index in [0.717, 1.165) is 23.9 Å². The smallest absolute Gasteiger partial charge is 0.326 e. The molecule has 3 rings (SSSR count). The van der Waals surface area contributed by atoms with Crippen molar-refractivity contribution in [1.82, 2.24) is 19.8 Å². The molecule has 1 aromatic carbocycles. The minimum atomic E-state index is -0.273. The van der Waals surface area contributed by atoms with Crippen molar-refractivity contribution in [2.45, 2.75) is 25.3 Å². The van der Waals surface area contributed by atoms with Gasteiger partial charge >= 0.3 is 5.69 Å². The van der Waals surface area contributed by atoms with E-state index in [2.05, 4.69) is 16.9 Å². The first kappa shape index (κ1) is 17.0. The Morgan fingerprint density at radius 2 is 2.00 bits per heavy atom. The van der Waals surface area contributed by atoms with Gasteiger partial charge in [0, 0.05) is 32.1 Å². The average Bonchev–Trinajstić information content (AvgIpc) is 2.97. The van der Waals surface area contributed by atoms with Crippen LogP contribution in [0, 0.1) is 0 Å². The fourth-order valence-corrected chi connectivity index (χ4v) is 3.33. The van der Waals surface area contributed by atoms with Crippen LogP contribution in [-0.2, 0) is 9.59 Å². The van der Waals surface area contributed by atoms with Gasteiger partial charge in [-0.25, -0.2) is 4.79 Å². The van der Waals surface area contributed by atoms with Crippen LogP contribution in [0.1, 0.15) is 25.3 Å². The molecule has 1 aliphatic rings. The van der Waals surface area contributed by atoms with Crippen molar-refractivity contribution >= 4 is 22.8 Å². The number of rotatable bonds is 5. The number of aromatic nitrogens is 2. The van der Waals surface area contributed by atoms with E-state index >= 15 is 0 Å². The molecule has 7 nitrogen and oxygen atoms in total. The molecule has 0 spiro atoms. The predicted molar refractivity (Wildman–Crippen MR) is 95.2 cm³/mol. The highest BCUT2D eigenvalue weighted by Gasteiger charge is 2.25. The van der Waals surface area contributed by atoms with Crippen molar-refractivity contribution in [3.8, 4) is 0 Å². The number of carbonyl (C=O) groups excluding carboxylic acids is 2. The first-order chi connectivity index (χ1) is 12.1. The zero-order valence-corrected chi connectivity index (χ0v) is 14.0. The van der Waals surface area contributed by atoms with Crippen LogP contribution in [0.25, 0.3) is 11.0 Å². The Morgan fingerprint density at radius 3 is 2.72 bits per heavy atom. The van der Waals surface area contributed by atoms with Crippen LogP contribution in [0.15, 0.2) is 41.7 Å². The van der Waals surface area contributed by atoms with E-state index in [1.165, 1.54) is 6.08 Å². The lowest BCUT2D eigenvalue weighted by molar-refractivity contribution is -0.132. The number of carbonyl (C=O) groups is 2. The van der Waals surface area contributed by atoms with E-state index in [1.54, 1.807) is 9.47 Å². The molecule has 2 aromatic rings. The van der Waals surface area contributed by atoms with Crippen molar-refractivity contribution in [2.75, 3.05) is 19.6 Å². The van der Waals surface area contributed by atoms with Crippen LogP contribution in [0.5, 0.6) is 0 Å². The highest BCUT2D eigenvalue weighted by atomic mass is 16.2. The average molecular weight is 342 g/mol. The molecule has 0 radical (unpaired) electrons. The molecule has 1 fully saturated rings. The molecular weight excluding hydrogens is 320 g/mol. The van der Waals surface area contributed by atoms with E-state index in [-0.39, 0.29) is 30.0 Å². The molecule has 25 heavy (non-hydrogen) atoms. The van der Waals surface area contributed by atoms with E-state index in [9.17, 15) is 14.4 Å².